The maximum absolute atomic E-state index is 13.1. The Morgan fingerprint density at radius 3 is 2.53 bits per heavy atom. The van der Waals surface area contributed by atoms with E-state index >= 15 is 0 Å². The SMILES string of the molecule is COc1nc2c(cc1NCCc1ccc(F)cc1)c(=O)c(C(=O)O)cn2C(CO)C(C)C. The van der Waals surface area contributed by atoms with Crippen LogP contribution in [0.5, 0.6) is 5.88 Å². The van der Waals surface area contributed by atoms with Gasteiger partial charge in [-0.15, -0.1) is 0 Å². The number of halogens is 1. The summed E-state index contributed by atoms with van der Waals surface area (Å²) in [6.45, 7) is 3.96. The maximum Gasteiger partial charge on any atom is 0.341 e. The van der Waals surface area contributed by atoms with Gasteiger partial charge in [-0.05, 0) is 36.1 Å². The van der Waals surface area contributed by atoms with Crippen LogP contribution in [-0.2, 0) is 6.42 Å². The summed E-state index contributed by atoms with van der Waals surface area (Å²) in [4.78, 5) is 29.0. The van der Waals surface area contributed by atoms with Gasteiger partial charge in [0.1, 0.15) is 17.0 Å². The van der Waals surface area contributed by atoms with E-state index in [0.717, 1.165) is 5.56 Å². The molecule has 0 aliphatic heterocycles. The van der Waals surface area contributed by atoms with Gasteiger partial charge < -0.3 is 24.8 Å². The largest absolute Gasteiger partial charge is 0.479 e. The molecule has 0 aliphatic rings. The van der Waals surface area contributed by atoms with E-state index in [4.69, 9.17) is 4.74 Å². The van der Waals surface area contributed by atoms with Crippen LogP contribution in [0.15, 0.2) is 41.3 Å². The second kappa shape index (κ2) is 9.78. The normalized spacial score (nSPS) is 12.2. The van der Waals surface area contributed by atoms with Crippen molar-refractivity contribution in [2.24, 2.45) is 5.92 Å². The van der Waals surface area contributed by atoms with Gasteiger partial charge in [-0.25, -0.2) is 9.18 Å². The number of ether oxygens (including phenoxy) is 1. The number of hydrogen-bond donors (Lipinski definition) is 3. The Kier molecular flexibility index (Phi) is 7.09. The quantitative estimate of drug-likeness (QED) is 0.466. The average Bonchev–Trinajstić information content (AvgIpc) is 2.76. The number of nitrogens with zero attached hydrogens (tertiary/aromatic N) is 2. The lowest BCUT2D eigenvalue weighted by molar-refractivity contribution is 0.0694. The number of aliphatic hydroxyl groups excluding tert-OH is 1. The average molecular weight is 443 g/mol. The minimum Gasteiger partial charge on any atom is -0.479 e. The Balaban J connectivity index is 2.06. The first-order chi connectivity index (χ1) is 15.3. The lowest BCUT2D eigenvalue weighted by Crippen LogP contribution is -2.26. The number of fused-ring (bicyclic) bond motifs is 1. The first kappa shape index (κ1) is 23.2. The van der Waals surface area contributed by atoms with Crippen LogP contribution in [0.3, 0.4) is 0 Å². The fraction of sp³-hybridized carbons (Fsp3) is 0.348. The van der Waals surface area contributed by atoms with Crippen LogP contribution in [0, 0.1) is 11.7 Å². The molecule has 1 unspecified atom stereocenters. The number of pyridine rings is 2. The summed E-state index contributed by atoms with van der Waals surface area (Å²) in [5.41, 5.74) is 0.513. The van der Waals surface area contributed by atoms with Crippen molar-refractivity contribution in [3.05, 3.63) is 63.7 Å². The van der Waals surface area contributed by atoms with E-state index in [9.17, 15) is 24.2 Å². The summed E-state index contributed by atoms with van der Waals surface area (Å²) in [6, 6.07) is 7.18. The molecule has 0 bridgehead atoms. The van der Waals surface area contributed by atoms with Gasteiger partial charge in [-0.3, -0.25) is 4.79 Å². The van der Waals surface area contributed by atoms with Crippen molar-refractivity contribution in [1.29, 1.82) is 0 Å². The molecule has 3 rings (SSSR count). The number of benzene rings is 1. The molecule has 0 saturated heterocycles. The highest BCUT2D eigenvalue weighted by Gasteiger charge is 2.23. The smallest absolute Gasteiger partial charge is 0.341 e. The minimum atomic E-state index is -1.35. The number of carbonyl (C=O) groups is 1. The van der Waals surface area contributed by atoms with Crippen LogP contribution in [0.2, 0.25) is 0 Å². The predicted molar refractivity (Wildman–Crippen MR) is 119 cm³/mol. The number of methoxy groups -OCH3 is 1. The fourth-order valence-corrected chi connectivity index (χ4v) is 3.56. The van der Waals surface area contributed by atoms with Gasteiger partial charge in [-0.2, -0.15) is 4.98 Å². The zero-order chi connectivity index (χ0) is 23.4. The highest BCUT2D eigenvalue weighted by molar-refractivity contribution is 5.93. The van der Waals surface area contributed by atoms with Crippen LogP contribution >= 0.6 is 0 Å². The summed E-state index contributed by atoms with van der Waals surface area (Å²) in [5.74, 6) is -1.48. The first-order valence-corrected chi connectivity index (χ1v) is 10.2. The molecule has 170 valence electrons. The highest BCUT2D eigenvalue weighted by atomic mass is 19.1. The monoisotopic (exact) mass is 443 g/mol. The van der Waals surface area contributed by atoms with Gasteiger partial charge in [0.25, 0.3) is 0 Å². The van der Waals surface area contributed by atoms with E-state index < -0.39 is 23.0 Å². The summed E-state index contributed by atoms with van der Waals surface area (Å²) < 4.78 is 20.0. The van der Waals surface area contributed by atoms with E-state index in [-0.39, 0.29) is 35.3 Å². The molecule has 3 N–H and O–H groups in total. The molecule has 1 aromatic carbocycles. The third-order valence-electron chi connectivity index (χ3n) is 5.35. The van der Waals surface area contributed by atoms with Crippen molar-refractivity contribution in [3.63, 3.8) is 0 Å². The molecule has 1 atom stereocenters. The Morgan fingerprint density at radius 1 is 1.28 bits per heavy atom. The molecule has 0 spiro atoms. The number of nitrogens with one attached hydrogen (secondary N) is 1. The summed E-state index contributed by atoms with van der Waals surface area (Å²) >= 11 is 0. The minimum absolute atomic E-state index is 0.0475. The van der Waals surface area contributed by atoms with Crippen LogP contribution in [-0.4, -0.2) is 46.0 Å². The molecule has 0 fully saturated rings. The number of aromatic carboxylic acids is 1. The molecule has 32 heavy (non-hydrogen) atoms. The lowest BCUT2D eigenvalue weighted by atomic mass is 10.0. The van der Waals surface area contributed by atoms with Crippen molar-refractivity contribution in [2.75, 3.05) is 25.6 Å². The molecule has 0 saturated carbocycles. The number of hydrogen-bond acceptors (Lipinski definition) is 6. The van der Waals surface area contributed by atoms with E-state index in [1.165, 1.54) is 36.1 Å². The number of carboxylic acid groups (broad SMARTS) is 1. The number of anilines is 1. The van der Waals surface area contributed by atoms with Crippen molar-refractivity contribution in [1.82, 2.24) is 9.55 Å². The lowest BCUT2D eigenvalue weighted by Gasteiger charge is -2.24. The molecule has 2 heterocycles. The Bertz CT molecular complexity index is 1170. The molecule has 0 amide bonds. The fourth-order valence-electron chi connectivity index (χ4n) is 3.56. The first-order valence-electron chi connectivity index (χ1n) is 10.2. The van der Waals surface area contributed by atoms with Gasteiger partial charge in [0.05, 0.1) is 30.8 Å². The second-order valence-electron chi connectivity index (χ2n) is 7.80. The Morgan fingerprint density at radius 2 is 1.97 bits per heavy atom. The molecule has 0 radical (unpaired) electrons. The van der Waals surface area contributed by atoms with Crippen molar-refractivity contribution >= 4 is 22.7 Å². The number of carboxylic acids is 1. The number of aliphatic hydroxyl groups is 1. The van der Waals surface area contributed by atoms with Crippen LogP contribution in [0.1, 0.15) is 35.8 Å². The van der Waals surface area contributed by atoms with Crippen LogP contribution in [0.25, 0.3) is 11.0 Å². The highest BCUT2D eigenvalue weighted by Crippen LogP contribution is 2.29. The van der Waals surface area contributed by atoms with Gasteiger partial charge in [0.2, 0.25) is 11.3 Å². The number of aromatic nitrogens is 2. The molecule has 3 aromatic rings. The Labute approximate surface area is 184 Å². The molecule has 2 aromatic heterocycles. The van der Waals surface area contributed by atoms with E-state index in [0.29, 0.717) is 18.7 Å². The molecular formula is C23H26FN3O5. The summed E-state index contributed by atoms with van der Waals surface area (Å²) in [5, 5.41) is 22.7. The molecular weight excluding hydrogens is 417 g/mol. The second-order valence-corrected chi connectivity index (χ2v) is 7.80. The summed E-state index contributed by atoms with van der Waals surface area (Å²) in [7, 11) is 1.44. The Hall–Kier alpha value is -3.46. The van der Waals surface area contributed by atoms with Gasteiger partial charge >= 0.3 is 5.97 Å². The summed E-state index contributed by atoms with van der Waals surface area (Å²) in [6.07, 6.45) is 1.81. The van der Waals surface area contributed by atoms with Gasteiger partial charge in [0.15, 0.2) is 0 Å². The van der Waals surface area contributed by atoms with Crippen molar-refractivity contribution < 1.29 is 24.1 Å². The van der Waals surface area contributed by atoms with Crippen molar-refractivity contribution in [3.8, 4) is 5.88 Å². The zero-order valence-corrected chi connectivity index (χ0v) is 18.1. The van der Waals surface area contributed by atoms with Crippen molar-refractivity contribution in [2.45, 2.75) is 26.3 Å². The maximum atomic E-state index is 13.1. The predicted octanol–water partition coefficient (Wildman–Crippen LogP) is 3.09. The molecule has 0 aliphatic carbocycles. The molecule has 8 nitrogen and oxygen atoms in total. The number of rotatable bonds is 9. The zero-order valence-electron chi connectivity index (χ0n) is 18.1. The van der Waals surface area contributed by atoms with Crippen LogP contribution < -0.4 is 15.5 Å². The van der Waals surface area contributed by atoms with Crippen LogP contribution in [0.4, 0.5) is 10.1 Å². The standard InChI is InChI=1S/C23H26FN3O5/c1-13(2)19(12-28)27-11-17(23(30)31)20(29)16-10-18(22(32-3)26-21(16)27)25-9-8-14-4-6-15(24)7-5-14/h4-7,10-11,13,19,25,28H,8-9,12H2,1-3H3,(H,30,31). The topological polar surface area (TPSA) is 114 Å². The third-order valence-corrected chi connectivity index (χ3v) is 5.35. The molecule has 9 heteroatoms. The van der Waals surface area contributed by atoms with Gasteiger partial charge in [0, 0.05) is 12.7 Å². The van der Waals surface area contributed by atoms with E-state index in [2.05, 4.69) is 10.3 Å². The third kappa shape index (κ3) is 4.72. The van der Waals surface area contributed by atoms with E-state index in [1.54, 1.807) is 12.1 Å². The van der Waals surface area contributed by atoms with E-state index in [1.807, 2.05) is 13.8 Å². The van der Waals surface area contributed by atoms with Gasteiger partial charge in [-0.1, -0.05) is 26.0 Å².